The molecule has 0 aliphatic heterocycles. The van der Waals surface area contributed by atoms with Gasteiger partial charge in [0, 0.05) is 17.5 Å². The maximum absolute atomic E-state index is 12.6. The number of para-hydroxylation sites is 1. The maximum atomic E-state index is 12.6. The van der Waals surface area contributed by atoms with Gasteiger partial charge >= 0.3 is 6.18 Å². The van der Waals surface area contributed by atoms with E-state index in [1.807, 2.05) is 13.1 Å². The predicted molar refractivity (Wildman–Crippen MR) is 118 cm³/mol. The number of carbonyl (C=O) groups is 1. The number of rotatable bonds is 5. The Morgan fingerprint density at radius 3 is 2.77 bits per heavy atom. The van der Waals surface area contributed by atoms with E-state index in [1.165, 1.54) is 29.8 Å². The van der Waals surface area contributed by atoms with Crippen LogP contribution < -0.4 is 5.32 Å². The van der Waals surface area contributed by atoms with E-state index in [0.29, 0.717) is 0 Å². The number of halogens is 4. The van der Waals surface area contributed by atoms with E-state index in [2.05, 4.69) is 28.4 Å². The number of benzene rings is 1. The number of allylic oxidation sites excluding steroid dienone is 3. The Morgan fingerprint density at radius 2 is 2.10 bits per heavy atom. The lowest BCUT2D eigenvalue weighted by atomic mass is 10.1. The van der Waals surface area contributed by atoms with Gasteiger partial charge in [0.2, 0.25) is 5.91 Å². The molecule has 1 aliphatic rings. The number of nitrogens with zero attached hydrogens (tertiary/aromatic N) is 1. The summed E-state index contributed by atoms with van der Waals surface area (Å²) in [5.74, 6) is 1.62. The molecule has 0 saturated carbocycles. The second-order valence-corrected chi connectivity index (χ2v) is 6.62. The van der Waals surface area contributed by atoms with Crippen LogP contribution in [0.4, 0.5) is 18.9 Å². The van der Waals surface area contributed by atoms with E-state index >= 15 is 0 Å². The molecule has 0 aromatic heterocycles. The van der Waals surface area contributed by atoms with Crippen molar-refractivity contribution in [3.8, 4) is 12.3 Å². The number of anilines is 1. The van der Waals surface area contributed by atoms with Crippen LogP contribution in [0.15, 0.2) is 64.2 Å². The Hall–Kier alpha value is -2.78. The van der Waals surface area contributed by atoms with Crippen LogP contribution in [0.5, 0.6) is 0 Å². The first-order valence-corrected chi connectivity index (χ1v) is 9.73. The van der Waals surface area contributed by atoms with E-state index in [4.69, 9.17) is 18.0 Å². The van der Waals surface area contributed by atoms with Crippen molar-refractivity contribution in [1.82, 2.24) is 0 Å². The molecule has 2 rings (SSSR count). The molecule has 0 unspecified atom stereocenters. The maximum Gasteiger partial charge on any atom is 0.418 e. The number of terminal acetylenes is 1. The lowest BCUT2D eigenvalue weighted by Gasteiger charge is -2.12. The third kappa shape index (κ3) is 9.62. The summed E-state index contributed by atoms with van der Waals surface area (Å²) in [4.78, 5) is 15.5. The number of alkyl halides is 3. The molecule has 1 aliphatic carbocycles. The molecule has 0 radical (unpaired) electrons. The first-order valence-electron chi connectivity index (χ1n) is 9.35. The summed E-state index contributed by atoms with van der Waals surface area (Å²) in [5, 5.41) is 3.14. The van der Waals surface area contributed by atoms with Crippen molar-refractivity contribution >= 4 is 29.4 Å². The number of hydrogen-bond donors (Lipinski definition) is 1. The van der Waals surface area contributed by atoms with E-state index in [0.717, 1.165) is 43.0 Å². The van der Waals surface area contributed by atoms with Crippen LogP contribution in [0.25, 0.3) is 0 Å². The van der Waals surface area contributed by atoms with Crippen LogP contribution >= 0.6 is 11.6 Å². The van der Waals surface area contributed by atoms with E-state index < -0.39 is 17.6 Å². The monoisotopic (exact) mass is 436 g/mol. The van der Waals surface area contributed by atoms with Crippen LogP contribution in [-0.2, 0) is 11.0 Å². The van der Waals surface area contributed by atoms with Gasteiger partial charge in [-0.2, -0.15) is 13.2 Å². The molecule has 0 atom stereocenters. The molecule has 1 aromatic rings. The third-order valence-corrected chi connectivity index (χ3v) is 4.31. The van der Waals surface area contributed by atoms with Crippen LogP contribution in [0.2, 0.25) is 0 Å². The summed E-state index contributed by atoms with van der Waals surface area (Å²) < 4.78 is 37.8. The highest BCUT2D eigenvalue weighted by Crippen LogP contribution is 2.34. The minimum Gasteiger partial charge on any atom is -0.322 e. The molecule has 0 bridgehead atoms. The number of nitrogens with one attached hydrogen (secondary N) is 1. The molecule has 7 heteroatoms. The van der Waals surface area contributed by atoms with E-state index in [1.54, 1.807) is 0 Å². The van der Waals surface area contributed by atoms with Gasteiger partial charge in [-0.1, -0.05) is 42.0 Å². The van der Waals surface area contributed by atoms with Gasteiger partial charge in [-0.05, 0) is 50.1 Å². The topological polar surface area (TPSA) is 41.5 Å². The second kappa shape index (κ2) is 13.4. The van der Waals surface area contributed by atoms with E-state index in [9.17, 15) is 18.0 Å². The molecule has 1 amide bonds. The largest absolute Gasteiger partial charge is 0.418 e. The summed E-state index contributed by atoms with van der Waals surface area (Å²) in [5.41, 5.74) is 0.0105. The summed E-state index contributed by atoms with van der Waals surface area (Å²) in [6.07, 6.45) is 12.6. The van der Waals surface area contributed by atoms with Gasteiger partial charge in [-0.15, -0.1) is 12.3 Å². The summed E-state index contributed by atoms with van der Waals surface area (Å²) >= 11 is 6.08. The fourth-order valence-electron chi connectivity index (χ4n) is 2.43. The Labute approximate surface area is 180 Å². The predicted octanol–water partition coefficient (Wildman–Crippen LogP) is 6.53. The minimum atomic E-state index is -4.51. The van der Waals surface area contributed by atoms with Crippen molar-refractivity contribution < 1.29 is 18.0 Å². The number of aliphatic imine (C=N–C) groups is 1. The van der Waals surface area contributed by atoms with Gasteiger partial charge in [-0.25, -0.2) is 0 Å². The standard InChI is InChI=1S/C13H10F3NO.C10H14ClN/c1-2-3-4-9-12(18)17-11-8-6-5-7-10(11)13(14,15)16;1-2-12-8-9-6-4-3-5-7-10(9)11/h1,4-9H,3H2,(H,17,18);2,4,6H,3,5,7-8H2,1H3/b9-4+;. The number of hydrogen-bond acceptors (Lipinski definition) is 2. The Kier molecular flexibility index (Phi) is 11.3. The molecule has 0 spiro atoms. The average molecular weight is 437 g/mol. The summed E-state index contributed by atoms with van der Waals surface area (Å²) in [7, 11) is 0. The molecule has 1 aromatic carbocycles. The van der Waals surface area contributed by atoms with Crippen LogP contribution in [0.1, 0.15) is 38.2 Å². The van der Waals surface area contributed by atoms with Crippen molar-refractivity contribution in [1.29, 1.82) is 0 Å². The van der Waals surface area contributed by atoms with Crippen molar-refractivity contribution in [3.63, 3.8) is 0 Å². The zero-order valence-electron chi connectivity index (χ0n) is 16.7. The van der Waals surface area contributed by atoms with Gasteiger partial charge in [0.05, 0.1) is 17.8 Å². The van der Waals surface area contributed by atoms with Crippen LogP contribution in [-0.4, -0.2) is 18.7 Å². The normalized spacial score (nSPS) is 14.3. The first-order chi connectivity index (χ1) is 14.3. The molecule has 0 saturated heterocycles. The molecular formula is C23H24ClF3N2O. The SMILES string of the molecule is C#CC/C=C/C(=O)Nc1ccccc1C(F)(F)F.CC=NCC1=C(Cl)CCCC=C1. The fourth-order valence-corrected chi connectivity index (χ4v) is 2.68. The molecule has 160 valence electrons. The van der Waals surface area contributed by atoms with Crippen molar-refractivity contribution in [2.24, 2.45) is 4.99 Å². The van der Waals surface area contributed by atoms with Gasteiger partial charge in [0.25, 0.3) is 0 Å². The van der Waals surface area contributed by atoms with Gasteiger partial charge in [0.15, 0.2) is 0 Å². The Morgan fingerprint density at radius 1 is 1.37 bits per heavy atom. The molecule has 30 heavy (non-hydrogen) atoms. The molecule has 3 nitrogen and oxygen atoms in total. The molecule has 1 N–H and O–H groups in total. The third-order valence-electron chi connectivity index (χ3n) is 3.87. The van der Waals surface area contributed by atoms with Gasteiger partial charge in [0.1, 0.15) is 0 Å². The number of amides is 1. The quantitative estimate of drug-likeness (QED) is 0.318. The lowest BCUT2D eigenvalue weighted by Crippen LogP contribution is -2.14. The van der Waals surface area contributed by atoms with Gasteiger partial charge in [-0.3, -0.25) is 9.79 Å². The molecule has 0 fully saturated rings. The lowest BCUT2D eigenvalue weighted by molar-refractivity contribution is -0.136. The summed E-state index contributed by atoms with van der Waals surface area (Å²) in [6, 6.07) is 4.76. The van der Waals surface area contributed by atoms with Crippen LogP contribution in [0.3, 0.4) is 0 Å². The zero-order valence-corrected chi connectivity index (χ0v) is 17.4. The molecule has 0 heterocycles. The average Bonchev–Trinajstić information content (AvgIpc) is 2.90. The van der Waals surface area contributed by atoms with Crippen molar-refractivity contribution in [3.05, 3.63) is 64.7 Å². The number of carbonyl (C=O) groups excluding carboxylic acids is 1. The van der Waals surface area contributed by atoms with Crippen LogP contribution in [0, 0.1) is 12.3 Å². The minimum absolute atomic E-state index is 0.244. The Bertz CT molecular complexity index is 862. The summed E-state index contributed by atoms with van der Waals surface area (Å²) in [6.45, 7) is 2.65. The van der Waals surface area contributed by atoms with Gasteiger partial charge < -0.3 is 5.32 Å². The highest BCUT2D eigenvalue weighted by molar-refractivity contribution is 6.30. The fraction of sp³-hybridized carbons (Fsp3) is 0.304. The highest BCUT2D eigenvalue weighted by atomic mass is 35.5. The Balaban J connectivity index is 0.000000325. The van der Waals surface area contributed by atoms with Crippen molar-refractivity contribution in [2.45, 2.75) is 38.8 Å². The van der Waals surface area contributed by atoms with E-state index in [-0.39, 0.29) is 12.1 Å². The second-order valence-electron chi connectivity index (χ2n) is 6.17. The molecular weight excluding hydrogens is 413 g/mol. The zero-order chi connectivity index (χ0) is 22.4. The smallest absolute Gasteiger partial charge is 0.322 e. The highest BCUT2D eigenvalue weighted by Gasteiger charge is 2.33. The first kappa shape index (κ1) is 25.3. The van der Waals surface area contributed by atoms with Crippen molar-refractivity contribution in [2.75, 3.05) is 11.9 Å².